The predicted molar refractivity (Wildman–Crippen MR) is 42.4 cm³/mol. The van der Waals surface area contributed by atoms with E-state index in [1.165, 1.54) is 0 Å². The highest BCUT2D eigenvalue weighted by Gasteiger charge is 2.16. The fourth-order valence-electron chi connectivity index (χ4n) is 0.454. The summed E-state index contributed by atoms with van der Waals surface area (Å²) in [7, 11) is 0. The van der Waals surface area contributed by atoms with Crippen LogP contribution in [0.5, 0.6) is 0 Å². The van der Waals surface area contributed by atoms with Gasteiger partial charge in [-0.1, -0.05) is 15.9 Å². The topological polar surface area (TPSA) is 92.4 Å². The van der Waals surface area contributed by atoms with Crippen LogP contribution in [0.3, 0.4) is 0 Å². The summed E-state index contributed by atoms with van der Waals surface area (Å²) >= 11 is 2.88. The molecule has 0 fully saturated rings. The maximum atomic E-state index is 10.6. The number of carboxylic acid groups (broad SMARTS) is 1. The van der Waals surface area contributed by atoms with Gasteiger partial charge in [-0.15, -0.1) is 0 Å². The van der Waals surface area contributed by atoms with E-state index in [0.29, 0.717) is 0 Å². The van der Waals surface area contributed by atoms with E-state index < -0.39 is 12.0 Å². The Morgan fingerprint density at radius 3 is 2.45 bits per heavy atom. The molecular weight excluding hydrogens is 216 g/mol. The first-order valence-electron chi connectivity index (χ1n) is 2.90. The molecule has 11 heavy (non-hydrogen) atoms. The van der Waals surface area contributed by atoms with Gasteiger partial charge in [0, 0.05) is 6.54 Å². The van der Waals surface area contributed by atoms with Crippen molar-refractivity contribution >= 4 is 27.8 Å². The first-order chi connectivity index (χ1) is 5.11. The first-order valence-corrected chi connectivity index (χ1v) is 4.02. The van der Waals surface area contributed by atoms with Crippen molar-refractivity contribution in [3.63, 3.8) is 0 Å². The number of rotatable bonds is 4. The zero-order chi connectivity index (χ0) is 8.85. The second-order valence-corrected chi connectivity index (χ2v) is 2.39. The second-order valence-electron chi connectivity index (χ2n) is 1.83. The molecule has 0 radical (unpaired) electrons. The van der Waals surface area contributed by atoms with E-state index in [1.54, 1.807) is 0 Å². The molecule has 0 saturated carbocycles. The minimum absolute atomic E-state index is 0.0801. The molecule has 0 saturated heterocycles. The molecule has 0 aromatic carbocycles. The minimum Gasteiger partial charge on any atom is -0.480 e. The average Bonchev–Trinajstić information content (AvgIpc) is 1.99. The first kappa shape index (κ1) is 10.4. The molecule has 0 aliphatic carbocycles. The number of carbonyl (C=O) groups is 2. The lowest BCUT2D eigenvalue weighted by molar-refractivity contribution is -0.141. The smallest absolute Gasteiger partial charge is 0.327 e. The van der Waals surface area contributed by atoms with Gasteiger partial charge >= 0.3 is 5.97 Å². The summed E-state index contributed by atoms with van der Waals surface area (Å²) in [4.78, 5) is 20.9. The van der Waals surface area contributed by atoms with Gasteiger partial charge in [0.2, 0.25) is 5.91 Å². The van der Waals surface area contributed by atoms with Gasteiger partial charge in [-0.05, 0) is 0 Å². The van der Waals surface area contributed by atoms with Crippen molar-refractivity contribution < 1.29 is 14.7 Å². The number of nitrogens with two attached hydrogens (primary N) is 1. The number of alkyl halides is 1. The number of aliphatic carboxylic acids is 1. The molecule has 0 heterocycles. The van der Waals surface area contributed by atoms with Gasteiger partial charge in [0.05, 0.1) is 5.33 Å². The Kier molecular flexibility index (Phi) is 4.80. The van der Waals surface area contributed by atoms with E-state index in [0.717, 1.165) is 0 Å². The van der Waals surface area contributed by atoms with E-state index in [2.05, 4.69) is 21.2 Å². The van der Waals surface area contributed by atoms with Crippen LogP contribution in [0.25, 0.3) is 0 Å². The van der Waals surface area contributed by atoms with Gasteiger partial charge in [0.25, 0.3) is 0 Å². The Balaban J connectivity index is 3.88. The summed E-state index contributed by atoms with van der Waals surface area (Å²) in [6.07, 6.45) is 0. The average molecular weight is 225 g/mol. The Hall–Kier alpha value is -0.620. The number of carboxylic acids is 1. The molecule has 0 unspecified atom stereocenters. The molecule has 0 spiro atoms. The number of nitrogens with one attached hydrogen (secondary N) is 1. The third kappa shape index (κ3) is 3.94. The van der Waals surface area contributed by atoms with Crippen molar-refractivity contribution in [1.82, 2.24) is 5.32 Å². The highest BCUT2D eigenvalue weighted by atomic mass is 79.9. The fraction of sp³-hybridized carbons (Fsp3) is 0.600. The van der Waals surface area contributed by atoms with Crippen LogP contribution in [0.1, 0.15) is 0 Å². The van der Waals surface area contributed by atoms with Crippen LogP contribution in [0.15, 0.2) is 0 Å². The molecule has 64 valence electrons. The highest BCUT2D eigenvalue weighted by Crippen LogP contribution is 1.84. The summed E-state index contributed by atoms with van der Waals surface area (Å²) in [6, 6.07) is -0.986. The molecule has 0 aliphatic heterocycles. The van der Waals surface area contributed by atoms with Crippen LogP contribution < -0.4 is 11.1 Å². The van der Waals surface area contributed by atoms with Crippen LogP contribution in [-0.4, -0.2) is 34.9 Å². The third-order valence-electron chi connectivity index (χ3n) is 0.990. The Labute approximate surface area is 72.1 Å². The van der Waals surface area contributed by atoms with Crippen LogP contribution >= 0.6 is 15.9 Å². The van der Waals surface area contributed by atoms with Crippen LogP contribution in [-0.2, 0) is 9.59 Å². The van der Waals surface area contributed by atoms with E-state index >= 15 is 0 Å². The van der Waals surface area contributed by atoms with Crippen molar-refractivity contribution in [2.24, 2.45) is 5.73 Å². The maximum absolute atomic E-state index is 10.6. The largest absolute Gasteiger partial charge is 0.480 e. The monoisotopic (exact) mass is 224 g/mol. The van der Waals surface area contributed by atoms with E-state index in [9.17, 15) is 9.59 Å². The molecule has 0 aliphatic rings. The summed E-state index contributed by atoms with van der Waals surface area (Å²) in [6.45, 7) is -0.103. The summed E-state index contributed by atoms with van der Waals surface area (Å²) in [5.74, 6) is -1.51. The Morgan fingerprint density at radius 1 is 1.64 bits per heavy atom. The van der Waals surface area contributed by atoms with E-state index in [-0.39, 0.29) is 17.8 Å². The molecule has 0 aromatic rings. The highest BCUT2D eigenvalue weighted by molar-refractivity contribution is 9.09. The summed E-state index contributed by atoms with van der Waals surface area (Å²) in [5.41, 5.74) is 5.07. The molecule has 1 atom stereocenters. The van der Waals surface area contributed by atoms with Crippen molar-refractivity contribution in [2.75, 3.05) is 11.9 Å². The molecule has 5 nitrogen and oxygen atoms in total. The van der Waals surface area contributed by atoms with Gasteiger partial charge in [-0.25, -0.2) is 4.79 Å². The molecule has 6 heteroatoms. The lowest BCUT2D eigenvalue weighted by Gasteiger charge is -2.09. The van der Waals surface area contributed by atoms with Gasteiger partial charge in [0.1, 0.15) is 6.04 Å². The maximum Gasteiger partial charge on any atom is 0.327 e. The van der Waals surface area contributed by atoms with Crippen LogP contribution in [0.4, 0.5) is 0 Å². The standard InChI is InChI=1S/C5H9BrN2O3/c6-1-4(9)8-3(2-7)5(10)11/h3H,1-2,7H2,(H,8,9)(H,10,11)/t3-/m0/s1. The predicted octanol–water partition coefficient (Wildman–Crippen LogP) is -1.09. The SMILES string of the molecule is NC[C@H](NC(=O)CBr)C(=O)O. The zero-order valence-corrected chi connectivity index (χ0v) is 7.30. The molecule has 0 bridgehead atoms. The lowest BCUT2D eigenvalue weighted by Crippen LogP contribution is -2.46. The Morgan fingerprint density at radius 2 is 2.18 bits per heavy atom. The number of carbonyl (C=O) groups excluding carboxylic acids is 1. The molecular formula is C5H9BrN2O3. The van der Waals surface area contributed by atoms with Crippen LogP contribution in [0, 0.1) is 0 Å². The molecule has 1 amide bonds. The van der Waals surface area contributed by atoms with Crippen molar-refractivity contribution in [3.8, 4) is 0 Å². The third-order valence-corrected chi connectivity index (χ3v) is 1.50. The van der Waals surface area contributed by atoms with Crippen LogP contribution in [0.2, 0.25) is 0 Å². The fourth-order valence-corrected chi connectivity index (χ4v) is 0.616. The number of hydrogen-bond donors (Lipinski definition) is 3. The van der Waals surface area contributed by atoms with Gasteiger partial charge in [0.15, 0.2) is 0 Å². The number of hydrogen-bond acceptors (Lipinski definition) is 3. The molecule has 4 N–H and O–H groups in total. The lowest BCUT2D eigenvalue weighted by atomic mass is 10.3. The molecule has 0 aromatic heterocycles. The summed E-state index contributed by atoms with van der Waals surface area (Å²) < 4.78 is 0. The summed E-state index contributed by atoms with van der Waals surface area (Å²) in [5, 5.41) is 10.7. The number of halogens is 1. The minimum atomic E-state index is -1.12. The van der Waals surface area contributed by atoms with E-state index in [1.807, 2.05) is 0 Å². The van der Waals surface area contributed by atoms with Gasteiger partial charge in [-0.3, -0.25) is 4.79 Å². The normalized spacial score (nSPS) is 12.2. The molecule has 0 rings (SSSR count). The van der Waals surface area contributed by atoms with Gasteiger partial charge < -0.3 is 16.2 Å². The van der Waals surface area contributed by atoms with Crippen molar-refractivity contribution in [3.05, 3.63) is 0 Å². The Bertz CT molecular complexity index is 162. The van der Waals surface area contributed by atoms with Gasteiger partial charge in [-0.2, -0.15) is 0 Å². The van der Waals surface area contributed by atoms with Crippen molar-refractivity contribution in [2.45, 2.75) is 6.04 Å². The second kappa shape index (κ2) is 5.09. The van der Waals surface area contributed by atoms with Crippen molar-refractivity contribution in [1.29, 1.82) is 0 Å². The quantitative estimate of drug-likeness (QED) is 0.530. The van der Waals surface area contributed by atoms with E-state index in [4.69, 9.17) is 10.8 Å². The zero-order valence-electron chi connectivity index (χ0n) is 5.71. The number of amides is 1.